The van der Waals surface area contributed by atoms with E-state index >= 15 is 0 Å². The first-order valence-electron chi connectivity index (χ1n) is 7.25. The molecule has 0 N–H and O–H groups in total. The Hall–Kier alpha value is -2.05. The van der Waals surface area contributed by atoms with Gasteiger partial charge in [0.05, 0.1) is 25.5 Å². The van der Waals surface area contributed by atoms with Crippen LogP contribution in [-0.2, 0) is 5.75 Å². The van der Waals surface area contributed by atoms with Crippen molar-refractivity contribution in [2.75, 3.05) is 14.2 Å². The molecule has 1 heterocycles. The lowest BCUT2D eigenvalue weighted by atomic mass is 10.2. The third-order valence-corrected chi connectivity index (χ3v) is 5.36. The van der Waals surface area contributed by atoms with Crippen LogP contribution in [-0.4, -0.2) is 19.2 Å². The van der Waals surface area contributed by atoms with Gasteiger partial charge >= 0.3 is 0 Å². The van der Waals surface area contributed by atoms with Gasteiger partial charge in [-0.15, -0.1) is 23.1 Å². The number of nitrogens with zero attached hydrogens (tertiary/aromatic N) is 1. The topological polar surface area (TPSA) is 31.4 Å². The number of hydrogen-bond donors (Lipinski definition) is 0. The monoisotopic (exact) mass is 361 g/mol. The molecule has 6 heteroatoms. The number of ether oxygens (including phenoxy) is 2. The lowest BCUT2D eigenvalue weighted by molar-refractivity contribution is 0.356. The predicted octanol–water partition coefficient (Wildman–Crippen LogP) is 5.26. The highest BCUT2D eigenvalue weighted by Gasteiger charge is 2.14. The number of para-hydroxylation sites is 1. The molecule has 0 unspecified atom stereocenters. The molecule has 0 aliphatic rings. The molecule has 3 rings (SSSR count). The van der Waals surface area contributed by atoms with E-state index in [0.717, 1.165) is 26.9 Å². The molecule has 0 aliphatic heterocycles. The predicted molar refractivity (Wildman–Crippen MR) is 96.6 cm³/mol. The van der Waals surface area contributed by atoms with Crippen molar-refractivity contribution in [1.82, 2.24) is 4.98 Å². The van der Waals surface area contributed by atoms with Crippen LogP contribution in [0.4, 0.5) is 4.39 Å². The number of rotatable bonds is 6. The number of benzene rings is 2. The molecule has 0 saturated carbocycles. The molecule has 3 nitrogen and oxygen atoms in total. The van der Waals surface area contributed by atoms with E-state index in [1.54, 1.807) is 49.5 Å². The summed E-state index contributed by atoms with van der Waals surface area (Å²) in [6.07, 6.45) is 0. The van der Waals surface area contributed by atoms with Gasteiger partial charge in [0.2, 0.25) is 0 Å². The standard InChI is InChI=1S/C18H16FNO2S2/c1-21-16-5-3-4-15(17(16)22-2)18-20-13(11-24-18)10-23-14-8-6-12(19)7-9-14/h3-9,11H,10H2,1-2H3. The Morgan fingerprint density at radius 3 is 2.58 bits per heavy atom. The number of thioether (sulfide) groups is 1. The van der Waals surface area contributed by atoms with Crippen LogP contribution in [0.3, 0.4) is 0 Å². The van der Waals surface area contributed by atoms with Gasteiger partial charge in [-0.05, 0) is 36.4 Å². The Bertz CT molecular complexity index is 818. The van der Waals surface area contributed by atoms with E-state index in [4.69, 9.17) is 9.47 Å². The van der Waals surface area contributed by atoms with Crippen molar-refractivity contribution in [3.8, 4) is 22.1 Å². The first kappa shape index (κ1) is 16.8. The zero-order valence-electron chi connectivity index (χ0n) is 13.3. The highest BCUT2D eigenvalue weighted by molar-refractivity contribution is 7.98. The maximum Gasteiger partial charge on any atom is 0.170 e. The van der Waals surface area contributed by atoms with E-state index < -0.39 is 0 Å². The summed E-state index contributed by atoms with van der Waals surface area (Å²) in [5, 5.41) is 2.92. The Morgan fingerprint density at radius 2 is 1.88 bits per heavy atom. The van der Waals surface area contributed by atoms with Crippen molar-refractivity contribution in [2.24, 2.45) is 0 Å². The lowest BCUT2D eigenvalue weighted by Gasteiger charge is -2.10. The summed E-state index contributed by atoms with van der Waals surface area (Å²) in [6.45, 7) is 0. The first-order valence-corrected chi connectivity index (χ1v) is 9.12. The summed E-state index contributed by atoms with van der Waals surface area (Å²) in [6, 6.07) is 12.2. The van der Waals surface area contributed by atoms with Crippen LogP contribution in [0.5, 0.6) is 11.5 Å². The second-order valence-electron chi connectivity index (χ2n) is 4.93. The molecule has 2 aromatic carbocycles. The lowest BCUT2D eigenvalue weighted by Crippen LogP contribution is -1.93. The normalized spacial score (nSPS) is 10.6. The Labute approximate surface area is 148 Å². The van der Waals surface area contributed by atoms with Crippen LogP contribution < -0.4 is 9.47 Å². The zero-order chi connectivity index (χ0) is 16.9. The fourth-order valence-corrected chi connectivity index (χ4v) is 3.98. The third-order valence-electron chi connectivity index (χ3n) is 3.39. The van der Waals surface area contributed by atoms with Crippen molar-refractivity contribution in [3.05, 3.63) is 59.4 Å². The van der Waals surface area contributed by atoms with Gasteiger partial charge in [0.1, 0.15) is 10.8 Å². The number of aromatic nitrogens is 1. The molecule has 3 aromatic rings. The summed E-state index contributed by atoms with van der Waals surface area (Å²) < 4.78 is 23.7. The summed E-state index contributed by atoms with van der Waals surface area (Å²) >= 11 is 3.20. The minimum atomic E-state index is -0.222. The SMILES string of the molecule is COc1cccc(-c2nc(CSc3ccc(F)cc3)cs2)c1OC. The molecule has 1 aromatic heterocycles. The number of halogens is 1. The van der Waals surface area contributed by atoms with Crippen molar-refractivity contribution < 1.29 is 13.9 Å². The smallest absolute Gasteiger partial charge is 0.170 e. The van der Waals surface area contributed by atoms with Gasteiger partial charge in [-0.25, -0.2) is 9.37 Å². The second-order valence-corrected chi connectivity index (χ2v) is 6.83. The highest BCUT2D eigenvalue weighted by atomic mass is 32.2. The van der Waals surface area contributed by atoms with E-state index in [1.165, 1.54) is 12.1 Å². The Balaban J connectivity index is 1.77. The van der Waals surface area contributed by atoms with Gasteiger partial charge in [-0.1, -0.05) is 6.07 Å². The minimum absolute atomic E-state index is 0.222. The van der Waals surface area contributed by atoms with E-state index in [-0.39, 0.29) is 5.82 Å². The van der Waals surface area contributed by atoms with Crippen molar-refractivity contribution >= 4 is 23.1 Å². The largest absolute Gasteiger partial charge is 0.493 e. The molecule has 0 aliphatic carbocycles. The zero-order valence-corrected chi connectivity index (χ0v) is 14.9. The van der Waals surface area contributed by atoms with E-state index in [9.17, 15) is 4.39 Å². The Kier molecular flexibility index (Phi) is 5.37. The Morgan fingerprint density at radius 1 is 1.08 bits per heavy atom. The van der Waals surface area contributed by atoms with Crippen LogP contribution in [0.2, 0.25) is 0 Å². The molecule has 0 amide bonds. The molecule has 0 radical (unpaired) electrons. The summed E-state index contributed by atoms with van der Waals surface area (Å²) in [4.78, 5) is 5.70. The third kappa shape index (κ3) is 3.71. The fourth-order valence-electron chi connectivity index (χ4n) is 2.24. The van der Waals surface area contributed by atoms with Gasteiger partial charge < -0.3 is 9.47 Å². The summed E-state index contributed by atoms with van der Waals surface area (Å²) in [5.74, 6) is 1.88. The summed E-state index contributed by atoms with van der Waals surface area (Å²) in [5.41, 5.74) is 1.90. The molecule has 24 heavy (non-hydrogen) atoms. The first-order chi connectivity index (χ1) is 11.7. The van der Waals surface area contributed by atoms with Crippen molar-refractivity contribution in [3.63, 3.8) is 0 Å². The van der Waals surface area contributed by atoms with Crippen LogP contribution in [0.1, 0.15) is 5.69 Å². The number of hydrogen-bond acceptors (Lipinski definition) is 5. The molecule has 0 spiro atoms. The quantitative estimate of drug-likeness (QED) is 0.561. The maximum atomic E-state index is 12.9. The number of methoxy groups -OCH3 is 2. The van der Waals surface area contributed by atoms with Crippen LogP contribution in [0, 0.1) is 5.82 Å². The van der Waals surface area contributed by atoms with Gasteiger partial charge in [0.25, 0.3) is 0 Å². The minimum Gasteiger partial charge on any atom is -0.493 e. The average molecular weight is 361 g/mol. The summed E-state index contributed by atoms with van der Waals surface area (Å²) in [7, 11) is 3.24. The van der Waals surface area contributed by atoms with E-state index in [2.05, 4.69) is 4.98 Å². The van der Waals surface area contributed by atoms with Crippen LogP contribution in [0.25, 0.3) is 10.6 Å². The molecular formula is C18H16FNO2S2. The van der Waals surface area contributed by atoms with Crippen molar-refractivity contribution in [2.45, 2.75) is 10.6 Å². The fraction of sp³-hybridized carbons (Fsp3) is 0.167. The van der Waals surface area contributed by atoms with Crippen LogP contribution >= 0.6 is 23.1 Å². The maximum absolute atomic E-state index is 12.9. The highest BCUT2D eigenvalue weighted by Crippen LogP contribution is 2.39. The molecule has 0 atom stereocenters. The van der Waals surface area contributed by atoms with Crippen molar-refractivity contribution in [1.29, 1.82) is 0 Å². The van der Waals surface area contributed by atoms with E-state index in [0.29, 0.717) is 11.5 Å². The van der Waals surface area contributed by atoms with Gasteiger partial charge in [0, 0.05) is 16.0 Å². The van der Waals surface area contributed by atoms with Gasteiger partial charge in [0.15, 0.2) is 11.5 Å². The van der Waals surface area contributed by atoms with Crippen LogP contribution in [0.15, 0.2) is 52.7 Å². The van der Waals surface area contributed by atoms with E-state index in [1.807, 2.05) is 23.6 Å². The number of thiazole rings is 1. The van der Waals surface area contributed by atoms with Gasteiger partial charge in [-0.3, -0.25) is 0 Å². The van der Waals surface area contributed by atoms with Gasteiger partial charge in [-0.2, -0.15) is 0 Å². The molecular weight excluding hydrogens is 345 g/mol. The molecule has 0 bridgehead atoms. The molecule has 0 saturated heterocycles. The molecule has 124 valence electrons. The molecule has 0 fully saturated rings. The average Bonchev–Trinajstić information content (AvgIpc) is 3.09. The second kappa shape index (κ2) is 7.68.